The lowest BCUT2D eigenvalue weighted by atomic mass is 10.2. The Morgan fingerprint density at radius 1 is 1.25 bits per heavy atom. The smallest absolute Gasteiger partial charge is 0.214 e. The van der Waals surface area contributed by atoms with Crippen LogP contribution in [0, 0.1) is 0 Å². The molecule has 0 aliphatic rings. The van der Waals surface area contributed by atoms with Gasteiger partial charge in [-0.15, -0.1) is 0 Å². The Balaban J connectivity index is 2.88. The first kappa shape index (κ1) is 7.10. The third-order valence-corrected chi connectivity index (χ3v) is 2.02. The molecule has 0 aliphatic carbocycles. The van der Waals surface area contributed by atoms with Crippen molar-refractivity contribution in [2.45, 2.75) is 0 Å². The Hall–Kier alpha value is -1.57. The van der Waals surface area contributed by atoms with Crippen molar-refractivity contribution in [2.75, 3.05) is 5.73 Å². The highest BCUT2D eigenvalue weighted by Crippen LogP contribution is 2.12. The van der Waals surface area contributed by atoms with Crippen LogP contribution in [0.3, 0.4) is 0 Å². The number of hydrogen-bond donors (Lipinski definition) is 1. The molecular weight excluding hydrogens is 148 g/mol. The van der Waals surface area contributed by atoms with Gasteiger partial charge in [-0.1, -0.05) is 0 Å². The zero-order valence-corrected chi connectivity index (χ0v) is 6.99. The highest BCUT2D eigenvalue weighted by molar-refractivity contribution is 5.78. The number of rotatable bonds is 0. The fourth-order valence-electron chi connectivity index (χ4n) is 1.36. The van der Waals surface area contributed by atoms with Gasteiger partial charge in [0.15, 0.2) is 6.20 Å². The van der Waals surface area contributed by atoms with E-state index in [9.17, 15) is 0 Å². The van der Waals surface area contributed by atoms with Crippen LogP contribution in [0.4, 0.5) is 5.69 Å². The van der Waals surface area contributed by atoms with Gasteiger partial charge in [-0.2, -0.15) is 0 Å². The molecule has 0 aliphatic heterocycles. The molecule has 0 saturated heterocycles. The Morgan fingerprint density at radius 2 is 2.08 bits per heavy atom. The summed E-state index contributed by atoms with van der Waals surface area (Å²) in [5.74, 6) is 0. The van der Waals surface area contributed by atoms with E-state index in [0.29, 0.717) is 0 Å². The molecule has 0 fully saturated rings. The SMILES string of the molecule is C[n+]1cccc2ccc(N)cc21. The summed E-state index contributed by atoms with van der Waals surface area (Å²) >= 11 is 0. The largest absolute Gasteiger partial charge is 0.399 e. The van der Waals surface area contributed by atoms with Crippen LogP contribution in [0.1, 0.15) is 0 Å². The van der Waals surface area contributed by atoms with E-state index in [1.54, 1.807) is 0 Å². The lowest BCUT2D eigenvalue weighted by molar-refractivity contribution is -0.644. The number of hydrogen-bond acceptors (Lipinski definition) is 1. The third-order valence-electron chi connectivity index (χ3n) is 2.02. The van der Waals surface area contributed by atoms with Crippen LogP contribution >= 0.6 is 0 Å². The molecule has 0 radical (unpaired) electrons. The molecular formula is C10H11N2+. The minimum absolute atomic E-state index is 0.810. The Labute approximate surface area is 71.2 Å². The van der Waals surface area contributed by atoms with E-state index in [0.717, 1.165) is 11.2 Å². The summed E-state index contributed by atoms with van der Waals surface area (Å²) in [7, 11) is 2.02. The molecule has 0 spiro atoms. The molecule has 1 heterocycles. The van der Waals surface area contributed by atoms with Crippen LogP contribution in [-0.4, -0.2) is 0 Å². The average molecular weight is 159 g/mol. The van der Waals surface area contributed by atoms with Gasteiger partial charge >= 0.3 is 0 Å². The zero-order chi connectivity index (χ0) is 8.55. The molecule has 0 amide bonds. The number of pyridine rings is 1. The Bertz CT molecular complexity index is 421. The first-order valence-corrected chi connectivity index (χ1v) is 3.91. The van der Waals surface area contributed by atoms with Crippen LogP contribution in [0.25, 0.3) is 10.9 Å². The van der Waals surface area contributed by atoms with E-state index in [1.165, 1.54) is 5.39 Å². The van der Waals surface area contributed by atoms with Gasteiger partial charge in [0.2, 0.25) is 5.52 Å². The fraction of sp³-hybridized carbons (Fsp3) is 0.100. The summed E-state index contributed by atoms with van der Waals surface area (Å²) in [6.45, 7) is 0. The number of aryl methyl sites for hydroxylation is 1. The van der Waals surface area contributed by atoms with Crippen molar-refractivity contribution >= 4 is 16.6 Å². The van der Waals surface area contributed by atoms with E-state index in [4.69, 9.17) is 5.73 Å². The number of fused-ring (bicyclic) bond motifs is 1. The van der Waals surface area contributed by atoms with Crippen LogP contribution < -0.4 is 10.3 Å². The topological polar surface area (TPSA) is 29.9 Å². The maximum atomic E-state index is 5.68. The lowest BCUT2D eigenvalue weighted by Crippen LogP contribution is -2.27. The summed E-state index contributed by atoms with van der Waals surface area (Å²) in [5.41, 5.74) is 7.65. The molecule has 2 N–H and O–H groups in total. The maximum Gasteiger partial charge on any atom is 0.214 e. The molecule has 0 bridgehead atoms. The molecule has 2 rings (SSSR count). The predicted octanol–water partition coefficient (Wildman–Crippen LogP) is 1.25. The number of nitrogens with zero attached hydrogens (tertiary/aromatic N) is 1. The molecule has 0 atom stereocenters. The van der Waals surface area contributed by atoms with Crippen molar-refractivity contribution in [3.8, 4) is 0 Å². The average Bonchev–Trinajstić information content (AvgIpc) is 2.07. The van der Waals surface area contributed by atoms with Crippen LogP contribution in [-0.2, 0) is 7.05 Å². The van der Waals surface area contributed by atoms with Gasteiger partial charge in [-0.05, 0) is 18.2 Å². The predicted molar refractivity (Wildman–Crippen MR) is 49.5 cm³/mol. The summed E-state index contributed by atoms with van der Waals surface area (Å²) in [5, 5.41) is 1.22. The first-order chi connectivity index (χ1) is 5.77. The molecule has 0 saturated carbocycles. The van der Waals surface area contributed by atoms with Gasteiger partial charge in [0.05, 0.1) is 0 Å². The minimum Gasteiger partial charge on any atom is -0.399 e. The number of nitrogens with two attached hydrogens (primary N) is 1. The fourth-order valence-corrected chi connectivity index (χ4v) is 1.36. The van der Waals surface area contributed by atoms with Crippen molar-refractivity contribution in [3.05, 3.63) is 36.5 Å². The molecule has 12 heavy (non-hydrogen) atoms. The first-order valence-electron chi connectivity index (χ1n) is 3.91. The number of anilines is 1. The highest BCUT2D eigenvalue weighted by atomic mass is 14.9. The molecule has 60 valence electrons. The van der Waals surface area contributed by atoms with E-state index < -0.39 is 0 Å². The minimum atomic E-state index is 0.810. The van der Waals surface area contributed by atoms with Gasteiger partial charge in [0.25, 0.3) is 0 Å². The van der Waals surface area contributed by atoms with Crippen molar-refractivity contribution in [1.29, 1.82) is 0 Å². The van der Waals surface area contributed by atoms with Gasteiger partial charge in [-0.3, -0.25) is 0 Å². The van der Waals surface area contributed by atoms with Crippen molar-refractivity contribution in [2.24, 2.45) is 7.05 Å². The van der Waals surface area contributed by atoms with Crippen molar-refractivity contribution in [3.63, 3.8) is 0 Å². The third kappa shape index (κ3) is 1.01. The van der Waals surface area contributed by atoms with Gasteiger partial charge in [0.1, 0.15) is 7.05 Å². The van der Waals surface area contributed by atoms with Crippen molar-refractivity contribution in [1.82, 2.24) is 0 Å². The van der Waals surface area contributed by atoms with Gasteiger partial charge < -0.3 is 5.73 Å². The Morgan fingerprint density at radius 3 is 2.92 bits per heavy atom. The highest BCUT2D eigenvalue weighted by Gasteiger charge is 2.02. The van der Waals surface area contributed by atoms with Crippen molar-refractivity contribution < 1.29 is 4.57 Å². The molecule has 2 nitrogen and oxygen atoms in total. The normalized spacial score (nSPS) is 10.4. The lowest BCUT2D eigenvalue weighted by Gasteiger charge is -1.96. The van der Waals surface area contributed by atoms with Crippen LogP contribution in [0.15, 0.2) is 36.5 Å². The summed E-state index contributed by atoms with van der Waals surface area (Å²) < 4.78 is 2.06. The summed E-state index contributed by atoms with van der Waals surface area (Å²) in [6.07, 6.45) is 2.02. The van der Waals surface area contributed by atoms with Gasteiger partial charge in [0, 0.05) is 23.2 Å². The second-order valence-electron chi connectivity index (χ2n) is 2.94. The van der Waals surface area contributed by atoms with E-state index >= 15 is 0 Å². The second kappa shape index (κ2) is 2.48. The zero-order valence-electron chi connectivity index (χ0n) is 6.99. The summed E-state index contributed by atoms with van der Waals surface area (Å²) in [6, 6.07) is 10.0. The van der Waals surface area contributed by atoms with E-state index in [1.807, 2.05) is 37.5 Å². The maximum absolute atomic E-state index is 5.68. The quantitative estimate of drug-likeness (QED) is 0.455. The molecule has 2 aromatic rings. The van der Waals surface area contributed by atoms with E-state index in [-0.39, 0.29) is 0 Å². The number of benzene rings is 1. The number of nitrogen functional groups attached to an aromatic ring is 1. The van der Waals surface area contributed by atoms with Crippen LogP contribution in [0.5, 0.6) is 0 Å². The second-order valence-corrected chi connectivity index (χ2v) is 2.94. The summed E-state index contributed by atoms with van der Waals surface area (Å²) in [4.78, 5) is 0. The Kier molecular flexibility index (Phi) is 1.47. The monoisotopic (exact) mass is 159 g/mol. The van der Waals surface area contributed by atoms with E-state index in [2.05, 4.69) is 10.6 Å². The standard InChI is InChI=1S/C10H10N2/c1-12-6-2-3-8-4-5-9(11)7-10(8)12/h2-7,11H,1H3/p+1. The van der Waals surface area contributed by atoms with Crippen LogP contribution in [0.2, 0.25) is 0 Å². The van der Waals surface area contributed by atoms with Gasteiger partial charge in [-0.25, -0.2) is 4.57 Å². The molecule has 1 aromatic heterocycles. The molecule has 1 aromatic carbocycles. The number of aromatic nitrogens is 1. The molecule has 2 heteroatoms. The molecule has 0 unspecified atom stereocenters.